The summed E-state index contributed by atoms with van der Waals surface area (Å²) in [6.07, 6.45) is 1.66. The molecule has 4 aromatic rings. The molecule has 0 saturated carbocycles. The highest BCUT2D eigenvalue weighted by molar-refractivity contribution is 8.00. The number of carbonyl (C=O) groups is 1. The summed E-state index contributed by atoms with van der Waals surface area (Å²) in [4.78, 5) is 32.6. The molecule has 0 aliphatic carbocycles. The molecular formula is C23H21N3O3S3. The van der Waals surface area contributed by atoms with Crippen LogP contribution in [0, 0.1) is 0 Å². The van der Waals surface area contributed by atoms with E-state index in [2.05, 4.69) is 11.9 Å². The molecule has 32 heavy (non-hydrogen) atoms. The molecule has 0 spiro atoms. The highest BCUT2D eigenvalue weighted by Gasteiger charge is 2.22. The molecule has 1 atom stereocenters. The number of aromatic nitrogens is 2. The third-order valence-electron chi connectivity index (χ3n) is 4.75. The first-order valence-electron chi connectivity index (χ1n) is 9.80. The van der Waals surface area contributed by atoms with Crippen LogP contribution in [0.4, 0.5) is 5.69 Å². The van der Waals surface area contributed by atoms with E-state index in [-0.39, 0.29) is 11.5 Å². The van der Waals surface area contributed by atoms with E-state index >= 15 is 0 Å². The highest BCUT2D eigenvalue weighted by Crippen LogP contribution is 2.35. The monoisotopic (exact) mass is 483 g/mol. The number of ether oxygens (including phenoxy) is 1. The van der Waals surface area contributed by atoms with Crippen LogP contribution in [0.15, 0.2) is 69.8 Å². The van der Waals surface area contributed by atoms with Gasteiger partial charge in [0.2, 0.25) is 5.91 Å². The van der Waals surface area contributed by atoms with Crippen LogP contribution in [0.2, 0.25) is 0 Å². The first-order chi connectivity index (χ1) is 15.5. The predicted octanol–water partition coefficient (Wildman–Crippen LogP) is 5.50. The number of anilines is 1. The lowest BCUT2D eigenvalue weighted by Crippen LogP contribution is -2.26. The van der Waals surface area contributed by atoms with E-state index in [0.29, 0.717) is 33.4 Å². The van der Waals surface area contributed by atoms with Crippen molar-refractivity contribution in [1.29, 1.82) is 0 Å². The zero-order valence-corrected chi connectivity index (χ0v) is 20.0. The fourth-order valence-corrected chi connectivity index (χ4v) is 5.88. The molecule has 0 fully saturated rings. The van der Waals surface area contributed by atoms with E-state index in [1.807, 2.05) is 35.0 Å². The van der Waals surface area contributed by atoms with Crippen LogP contribution < -0.4 is 15.6 Å². The van der Waals surface area contributed by atoms with Crippen molar-refractivity contribution in [2.45, 2.75) is 23.9 Å². The van der Waals surface area contributed by atoms with Crippen LogP contribution in [-0.2, 0) is 11.3 Å². The molecule has 1 amide bonds. The van der Waals surface area contributed by atoms with Crippen LogP contribution in [0.3, 0.4) is 0 Å². The number of amides is 1. The molecule has 1 unspecified atom stereocenters. The Hall–Kier alpha value is -2.88. The van der Waals surface area contributed by atoms with E-state index < -0.39 is 5.25 Å². The van der Waals surface area contributed by atoms with Gasteiger partial charge in [-0.2, -0.15) is 0 Å². The van der Waals surface area contributed by atoms with Gasteiger partial charge in [-0.1, -0.05) is 30.0 Å². The molecule has 0 radical (unpaired) electrons. The number of nitrogens with zero attached hydrogens (tertiary/aromatic N) is 2. The third-order valence-corrected chi connectivity index (χ3v) is 7.61. The molecule has 6 nitrogen and oxygen atoms in total. The normalized spacial score (nSPS) is 11.9. The van der Waals surface area contributed by atoms with Crippen molar-refractivity contribution < 1.29 is 9.53 Å². The standard InChI is InChI=1S/C23H21N3O3S3/c1-4-10-26-22(28)19-17(18-9-6-11-30-18)13-31-21(19)25-23(26)32-14(2)20(27)24-15-7-5-8-16(12-15)29-3/h4-9,11-14H,1,10H2,2-3H3,(H,24,27). The molecule has 1 aromatic carbocycles. The molecule has 0 bridgehead atoms. The second-order valence-electron chi connectivity index (χ2n) is 6.89. The van der Waals surface area contributed by atoms with Gasteiger partial charge in [-0.05, 0) is 30.5 Å². The number of fused-ring (bicyclic) bond motifs is 1. The van der Waals surface area contributed by atoms with Gasteiger partial charge in [0.05, 0.1) is 17.7 Å². The fourth-order valence-electron chi connectivity index (χ4n) is 3.16. The quantitative estimate of drug-likeness (QED) is 0.203. The average molecular weight is 484 g/mol. The van der Waals surface area contributed by atoms with E-state index in [4.69, 9.17) is 9.72 Å². The van der Waals surface area contributed by atoms with Gasteiger partial charge in [-0.3, -0.25) is 14.2 Å². The maximum absolute atomic E-state index is 13.4. The Morgan fingerprint density at radius 2 is 2.19 bits per heavy atom. The second kappa shape index (κ2) is 9.72. The van der Waals surface area contributed by atoms with E-state index in [0.717, 1.165) is 10.4 Å². The van der Waals surface area contributed by atoms with Crippen molar-refractivity contribution in [3.63, 3.8) is 0 Å². The summed E-state index contributed by atoms with van der Waals surface area (Å²) in [6.45, 7) is 5.89. The predicted molar refractivity (Wildman–Crippen MR) is 134 cm³/mol. The van der Waals surface area contributed by atoms with E-state index in [1.165, 1.54) is 23.1 Å². The Kier molecular flexibility index (Phi) is 6.78. The van der Waals surface area contributed by atoms with Crippen molar-refractivity contribution in [3.05, 3.63) is 70.2 Å². The summed E-state index contributed by atoms with van der Waals surface area (Å²) < 4.78 is 6.79. The van der Waals surface area contributed by atoms with Crippen LogP contribution in [0.1, 0.15) is 6.92 Å². The molecule has 3 heterocycles. The maximum Gasteiger partial charge on any atom is 0.263 e. The molecule has 1 N–H and O–H groups in total. The molecule has 164 valence electrons. The summed E-state index contributed by atoms with van der Waals surface area (Å²) in [5.41, 5.74) is 1.42. The summed E-state index contributed by atoms with van der Waals surface area (Å²) in [6, 6.07) is 11.1. The first kappa shape index (κ1) is 22.3. The number of thiophene rings is 2. The maximum atomic E-state index is 13.4. The number of allylic oxidation sites excluding steroid dienone is 1. The number of thioether (sulfide) groups is 1. The van der Waals surface area contributed by atoms with Crippen molar-refractivity contribution >= 4 is 56.2 Å². The molecule has 9 heteroatoms. The summed E-state index contributed by atoms with van der Waals surface area (Å²) in [5, 5.41) is 7.48. The number of nitrogens with one attached hydrogen (secondary N) is 1. The number of hydrogen-bond acceptors (Lipinski definition) is 7. The number of carbonyl (C=O) groups excluding carboxylic acids is 1. The van der Waals surface area contributed by atoms with Crippen LogP contribution in [0.25, 0.3) is 20.7 Å². The van der Waals surface area contributed by atoms with Crippen molar-refractivity contribution in [1.82, 2.24) is 9.55 Å². The summed E-state index contributed by atoms with van der Waals surface area (Å²) >= 11 is 4.28. The molecule has 0 aliphatic heterocycles. The van der Waals surface area contributed by atoms with Crippen molar-refractivity contribution in [3.8, 4) is 16.2 Å². The van der Waals surface area contributed by atoms with Gasteiger partial charge in [0.1, 0.15) is 10.6 Å². The van der Waals surface area contributed by atoms with Crippen LogP contribution >= 0.6 is 34.4 Å². The average Bonchev–Trinajstić information content (AvgIpc) is 3.46. The lowest BCUT2D eigenvalue weighted by molar-refractivity contribution is -0.115. The Morgan fingerprint density at radius 3 is 2.91 bits per heavy atom. The van der Waals surface area contributed by atoms with E-state index in [9.17, 15) is 9.59 Å². The van der Waals surface area contributed by atoms with Gasteiger partial charge < -0.3 is 10.1 Å². The lowest BCUT2D eigenvalue weighted by atomic mass is 10.2. The Bertz CT molecular complexity index is 1330. The molecular weight excluding hydrogens is 462 g/mol. The zero-order chi connectivity index (χ0) is 22.7. The van der Waals surface area contributed by atoms with Crippen LogP contribution in [0.5, 0.6) is 5.75 Å². The highest BCUT2D eigenvalue weighted by atomic mass is 32.2. The van der Waals surface area contributed by atoms with E-state index in [1.54, 1.807) is 48.1 Å². The van der Waals surface area contributed by atoms with Gasteiger partial charge in [-0.15, -0.1) is 29.3 Å². The molecule has 0 saturated heterocycles. The summed E-state index contributed by atoms with van der Waals surface area (Å²) in [5.74, 6) is 0.475. The smallest absolute Gasteiger partial charge is 0.263 e. The summed E-state index contributed by atoms with van der Waals surface area (Å²) in [7, 11) is 1.58. The minimum Gasteiger partial charge on any atom is -0.497 e. The first-order valence-corrected chi connectivity index (χ1v) is 12.4. The van der Waals surface area contributed by atoms with Gasteiger partial charge in [0, 0.05) is 34.1 Å². The van der Waals surface area contributed by atoms with Gasteiger partial charge >= 0.3 is 0 Å². The minimum atomic E-state index is -0.474. The van der Waals surface area contributed by atoms with Gasteiger partial charge in [0.15, 0.2) is 5.16 Å². The molecule has 0 aliphatic rings. The second-order valence-corrected chi connectivity index (χ2v) is 10.0. The number of rotatable bonds is 8. The Labute approximate surface area is 197 Å². The van der Waals surface area contributed by atoms with Gasteiger partial charge in [-0.25, -0.2) is 4.98 Å². The number of methoxy groups -OCH3 is 1. The SMILES string of the molecule is C=CCn1c(SC(C)C(=O)Nc2cccc(OC)c2)nc2scc(-c3cccs3)c2c1=O. The lowest BCUT2D eigenvalue weighted by Gasteiger charge is -2.15. The number of hydrogen-bond donors (Lipinski definition) is 1. The topological polar surface area (TPSA) is 73.2 Å². The third kappa shape index (κ3) is 4.50. The largest absolute Gasteiger partial charge is 0.497 e. The Balaban J connectivity index is 1.64. The molecule has 4 rings (SSSR count). The van der Waals surface area contributed by atoms with Crippen molar-refractivity contribution in [2.75, 3.05) is 12.4 Å². The zero-order valence-electron chi connectivity index (χ0n) is 17.5. The van der Waals surface area contributed by atoms with Crippen molar-refractivity contribution in [2.24, 2.45) is 0 Å². The minimum absolute atomic E-state index is 0.123. The molecule has 3 aromatic heterocycles. The van der Waals surface area contributed by atoms with Crippen LogP contribution in [-0.4, -0.2) is 27.8 Å². The number of benzene rings is 1. The fraction of sp³-hybridized carbons (Fsp3) is 0.174. The Morgan fingerprint density at radius 1 is 1.34 bits per heavy atom. The van der Waals surface area contributed by atoms with Gasteiger partial charge in [0.25, 0.3) is 5.56 Å².